The number of carbonyl (C=O) groups is 1. The fourth-order valence-corrected chi connectivity index (χ4v) is 1.86. The van der Waals surface area contributed by atoms with Crippen LogP contribution >= 0.6 is 0 Å². The zero-order chi connectivity index (χ0) is 15.4. The molecule has 1 aromatic heterocycles. The van der Waals surface area contributed by atoms with Crippen LogP contribution in [0, 0.1) is 10.1 Å². The molecule has 0 saturated heterocycles. The Labute approximate surface area is 120 Å². The molecule has 2 rings (SSSR count). The number of nitrogens with zero attached hydrogens (tertiary/aromatic N) is 3. The molecule has 8 nitrogen and oxygen atoms in total. The minimum absolute atomic E-state index is 0.0101. The van der Waals surface area contributed by atoms with Crippen molar-refractivity contribution in [3.8, 4) is 0 Å². The minimum atomic E-state index is -0.580. The Balaban J connectivity index is 2.32. The minimum Gasteiger partial charge on any atom is -0.385 e. The number of hydrogen-bond acceptors (Lipinski definition) is 5. The molecular formula is C13H15N5O3. The van der Waals surface area contributed by atoms with Gasteiger partial charge in [0.25, 0.3) is 11.6 Å². The summed E-state index contributed by atoms with van der Waals surface area (Å²) in [6.07, 6.45) is 1.67. The van der Waals surface area contributed by atoms with E-state index in [0.717, 1.165) is 0 Å². The van der Waals surface area contributed by atoms with E-state index in [1.165, 1.54) is 16.8 Å². The van der Waals surface area contributed by atoms with Gasteiger partial charge in [0.15, 0.2) is 5.82 Å². The van der Waals surface area contributed by atoms with Gasteiger partial charge in [-0.15, -0.1) is 0 Å². The highest BCUT2D eigenvalue weighted by atomic mass is 16.6. The first-order valence-electron chi connectivity index (χ1n) is 6.34. The van der Waals surface area contributed by atoms with Gasteiger partial charge in [-0.05, 0) is 19.1 Å². The quantitative estimate of drug-likeness (QED) is 0.647. The molecule has 2 aromatic rings. The summed E-state index contributed by atoms with van der Waals surface area (Å²) >= 11 is 0. The predicted octanol–water partition coefficient (Wildman–Crippen LogP) is 2.01. The standard InChI is InChI=1S/C13H15N5O3/c1-3-14-9-4-5-11(18(20)21)10(8-9)13(19)15-12-6-7-17(2)16-12/h4-8,14H,3H2,1-2H3,(H,15,16,19). The molecule has 0 radical (unpaired) electrons. The average molecular weight is 289 g/mol. The SMILES string of the molecule is CCNc1ccc([N+](=O)[O-])c(C(=O)Nc2ccn(C)n2)c1. The fraction of sp³-hybridized carbons (Fsp3) is 0.231. The van der Waals surface area contributed by atoms with Crippen LogP contribution in [0.2, 0.25) is 0 Å². The van der Waals surface area contributed by atoms with Gasteiger partial charge in [-0.2, -0.15) is 5.10 Å². The molecular weight excluding hydrogens is 274 g/mol. The molecule has 0 aliphatic rings. The van der Waals surface area contributed by atoms with Crippen LogP contribution in [0.5, 0.6) is 0 Å². The molecule has 110 valence electrons. The van der Waals surface area contributed by atoms with Crippen LogP contribution in [0.3, 0.4) is 0 Å². The maximum absolute atomic E-state index is 12.2. The Bertz CT molecular complexity index is 680. The normalized spacial score (nSPS) is 10.2. The largest absolute Gasteiger partial charge is 0.385 e. The first-order valence-corrected chi connectivity index (χ1v) is 6.34. The van der Waals surface area contributed by atoms with E-state index in [9.17, 15) is 14.9 Å². The van der Waals surface area contributed by atoms with Crippen molar-refractivity contribution in [3.05, 3.63) is 46.1 Å². The lowest BCUT2D eigenvalue weighted by Crippen LogP contribution is -2.15. The van der Waals surface area contributed by atoms with Gasteiger partial charge in [0.1, 0.15) is 5.56 Å². The smallest absolute Gasteiger partial charge is 0.282 e. The zero-order valence-electron chi connectivity index (χ0n) is 11.7. The maximum Gasteiger partial charge on any atom is 0.282 e. The number of nitro benzene ring substituents is 1. The van der Waals surface area contributed by atoms with Crippen molar-refractivity contribution in [3.63, 3.8) is 0 Å². The molecule has 8 heteroatoms. The van der Waals surface area contributed by atoms with Gasteiger partial charge in [-0.1, -0.05) is 0 Å². The first-order chi connectivity index (χ1) is 10.0. The van der Waals surface area contributed by atoms with Gasteiger partial charge in [0, 0.05) is 37.6 Å². The van der Waals surface area contributed by atoms with Gasteiger partial charge in [-0.25, -0.2) is 0 Å². The highest BCUT2D eigenvalue weighted by Gasteiger charge is 2.21. The predicted molar refractivity (Wildman–Crippen MR) is 78.4 cm³/mol. The molecule has 21 heavy (non-hydrogen) atoms. The van der Waals surface area contributed by atoms with Crippen molar-refractivity contribution in [1.29, 1.82) is 0 Å². The van der Waals surface area contributed by atoms with Gasteiger partial charge < -0.3 is 10.6 Å². The monoisotopic (exact) mass is 289 g/mol. The summed E-state index contributed by atoms with van der Waals surface area (Å²) in [5.74, 6) is -0.231. The van der Waals surface area contributed by atoms with Crippen LogP contribution < -0.4 is 10.6 Å². The molecule has 0 spiro atoms. The van der Waals surface area contributed by atoms with Crippen LogP contribution in [-0.4, -0.2) is 27.2 Å². The molecule has 0 aliphatic heterocycles. The highest BCUT2D eigenvalue weighted by molar-refractivity contribution is 6.07. The van der Waals surface area contributed by atoms with E-state index >= 15 is 0 Å². The molecule has 0 bridgehead atoms. The van der Waals surface area contributed by atoms with Crippen molar-refractivity contribution >= 4 is 23.1 Å². The number of amides is 1. The van der Waals surface area contributed by atoms with Crippen molar-refractivity contribution < 1.29 is 9.72 Å². The Morgan fingerprint density at radius 3 is 2.76 bits per heavy atom. The summed E-state index contributed by atoms with van der Waals surface area (Å²) < 4.78 is 1.53. The molecule has 0 fully saturated rings. The molecule has 0 aliphatic carbocycles. The van der Waals surface area contributed by atoms with Gasteiger partial charge in [-0.3, -0.25) is 19.6 Å². The summed E-state index contributed by atoms with van der Waals surface area (Å²) in [7, 11) is 1.71. The molecule has 0 unspecified atom stereocenters. The number of nitro groups is 1. The summed E-state index contributed by atoms with van der Waals surface area (Å²) in [5, 5.41) is 20.6. The number of carbonyl (C=O) groups excluding carboxylic acids is 1. The molecule has 1 aromatic carbocycles. The summed E-state index contributed by atoms with van der Waals surface area (Å²) in [6.45, 7) is 2.55. The van der Waals surface area contributed by atoms with E-state index in [-0.39, 0.29) is 11.3 Å². The third kappa shape index (κ3) is 3.35. The second kappa shape index (κ2) is 6.04. The average Bonchev–Trinajstić information content (AvgIpc) is 2.84. The molecule has 0 atom stereocenters. The first kappa shape index (κ1) is 14.5. The lowest BCUT2D eigenvalue weighted by atomic mass is 10.1. The number of hydrogen-bond donors (Lipinski definition) is 2. The number of benzene rings is 1. The topological polar surface area (TPSA) is 102 Å². The van der Waals surface area contributed by atoms with Crippen LogP contribution in [0.25, 0.3) is 0 Å². The number of rotatable bonds is 5. The Hall–Kier alpha value is -2.90. The molecule has 1 heterocycles. The lowest BCUT2D eigenvalue weighted by Gasteiger charge is -2.07. The van der Waals surface area contributed by atoms with Crippen LogP contribution in [0.4, 0.5) is 17.2 Å². The number of nitrogens with one attached hydrogen (secondary N) is 2. The van der Waals surface area contributed by atoms with E-state index < -0.39 is 10.8 Å². The van der Waals surface area contributed by atoms with Crippen molar-refractivity contribution in [2.24, 2.45) is 7.05 Å². The molecule has 0 saturated carbocycles. The molecule has 2 N–H and O–H groups in total. The summed E-state index contributed by atoms with van der Waals surface area (Å²) in [6, 6.07) is 5.95. The van der Waals surface area contributed by atoms with E-state index in [1.54, 1.807) is 25.4 Å². The highest BCUT2D eigenvalue weighted by Crippen LogP contribution is 2.23. The third-order valence-corrected chi connectivity index (χ3v) is 2.77. The van der Waals surface area contributed by atoms with Gasteiger partial charge in [0.05, 0.1) is 4.92 Å². The second-order valence-electron chi connectivity index (χ2n) is 4.35. The fourth-order valence-electron chi connectivity index (χ4n) is 1.86. The lowest BCUT2D eigenvalue weighted by molar-refractivity contribution is -0.385. The van der Waals surface area contributed by atoms with Crippen molar-refractivity contribution in [2.45, 2.75) is 6.92 Å². The van der Waals surface area contributed by atoms with Crippen molar-refractivity contribution in [2.75, 3.05) is 17.2 Å². The number of aromatic nitrogens is 2. The van der Waals surface area contributed by atoms with E-state index in [0.29, 0.717) is 18.1 Å². The summed E-state index contributed by atoms with van der Waals surface area (Å²) in [5.41, 5.74) is 0.392. The summed E-state index contributed by atoms with van der Waals surface area (Å²) in [4.78, 5) is 22.7. The number of anilines is 2. The van der Waals surface area contributed by atoms with Crippen LogP contribution in [0.1, 0.15) is 17.3 Å². The van der Waals surface area contributed by atoms with Crippen LogP contribution in [0.15, 0.2) is 30.5 Å². The van der Waals surface area contributed by atoms with E-state index in [1.807, 2.05) is 6.92 Å². The van der Waals surface area contributed by atoms with E-state index in [4.69, 9.17) is 0 Å². The second-order valence-corrected chi connectivity index (χ2v) is 4.35. The van der Waals surface area contributed by atoms with E-state index in [2.05, 4.69) is 15.7 Å². The Morgan fingerprint density at radius 1 is 1.43 bits per heavy atom. The number of aryl methyl sites for hydroxylation is 1. The maximum atomic E-state index is 12.2. The van der Waals surface area contributed by atoms with Crippen molar-refractivity contribution in [1.82, 2.24) is 9.78 Å². The third-order valence-electron chi connectivity index (χ3n) is 2.77. The zero-order valence-corrected chi connectivity index (χ0v) is 11.7. The Kier molecular flexibility index (Phi) is 4.17. The van der Waals surface area contributed by atoms with Crippen LogP contribution in [-0.2, 0) is 7.05 Å². The Morgan fingerprint density at radius 2 is 2.19 bits per heavy atom. The van der Waals surface area contributed by atoms with Gasteiger partial charge >= 0.3 is 0 Å². The molecule has 1 amide bonds. The van der Waals surface area contributed by atoms with Gasteiger partial charge in [0.2, 0.25) is 0 Å².